The van der Waals surface area contributed by atoms with Crippen LogP contribution in [-0.2, 0) is 0 Å². The van der Waals surface area contributed by atoms with Crippen LogP contribution in [0, 0.1) is 0 Å². The number of ketones is 1. The molecule has 0 amide bonds. The molecule has 0 heterocycles. The lowest BCUT2D eigenvalue weighted by Crippen LogP contribution is -2.34. The topological polar surface area (TPSA) is 118 Å². The predicted molar refractivity (Wildman–Crippen MR) is 71.1 cm³/mol. The molecule has 0 aliphatic carbocycles. The van der Waals surface area contributed by atoms with Crippen LogP contribution in [0.4, 0.5) is 0 Å². The third-order valence-corrected chi connectivity index (χ3v) is 2.74. The van der Waals surface area contributed by atoms with Gasteiger partial charge in [0.1, 0.15) is 17.2 Å². The van der Waals surface area contributed by atoms with Crippen molar-refractivity contribution >= 4 is 18.4 Å². The van der Waals surface area contributed by atoms with Crippen LogP contribution in [0.3, 0.4) is 0 Å². The summed E-state index contributed by atoms with van der Waals surface area (Å²) in [7, 11) is -1.94. The van der Waals surface area contributed by atoms with Gasteiger partial charge in [-0.25, -0.2) is 0 Å². The lowest BCUT2D eigenvalue weighted by atomic mass is 9.75. The van der Waals surface area contributed by atoms with Crippen LogP contribution in [0.5, 0.6) is 17.2 Å². The predicted octanol–water partition coefficient (Wildman–Crippen LogP) is -0.286. The lowest BCUT2D eigenvalue weighted by Gasteiger charge is -2.10. The van der Waals surface area contributed by atoms with Crippen molar-refractivity contribution < 1.29 is 30.2 Å². The molecule has 0 saturated heterocycles. The van der Waals surface area contributed by atoms with Crippen LogP contribution in [0.2, 0.25) is 0 Å². The average Bonchev–Trinajstić information content (AvgIpc) is 2.36. The number of phenols is 3. The van der Waals surface area contributed by atoms with E-state index >= 15 is 0 Å². The SMILES string of the molecule is O=C(c1cc(O)cc(O)c1)c1c(O)cccc1B(O)O. The van der Waals surface area contributed by atoms with E-state index in [1.54, 1.807) is 0 Å². The van der Waals surface area contributed by atoms with Crippen molar-refractivity contribution in [3.05, 3.63) is 47.5 Å². The van der Waals surface area contributed by atoms with E-state index in [-0.39, 0.29) is 28.1 Å². The molecule has 0 radical (unpaired) electrons. The van der Waals surface area contributed by atoms with Crippen molar-refractivity contribution in [3.8, 4) is 17.2 Å². The second-order valence-electron chi connectivity index (χ2n) is 4.18. The standard InChI is InChI=1S/C13H11BO6/c15-8-4-7(5-9(16)6-8)13(18)12-10(14(19)20)2-1-3-11(12)17/h1-6,15-17,19-20H. The molecular formula is C13H11BO6. The zero-order chi connectivity index (χ0) is 14.9. The number of hydrogen-bond acceptors (Lipinski definition) is 6. The fourth-order valence-corrected chi connectivity index (χ4v) is 1.89. The van der Waals surface area contributed by atoms with Gasteiger partial charge in [-0.3, -0.25) is 4.79 Å². The minimum absolute atomic E-state index is 0.0918. The largest absolute Gasteiger partial charge is 0.508 e. The zero-order valence-electron chi connectivity index (χ0n) is 10.2. The van der Waals surface area contributed by atoms with Crippen LogP contribution in [-0.4, -0.2) is 38.3 Å². The number of benzene rings is 2. The van der Waals surface area contributed by atoms with E-state index in [0.29, 0.717) is 0 Å². The quantitative estimate of drug-likeness (QED) is 0.388. The van der Waals surface area contributed by atoms with Crippen molar-refractivity contribution in [1.82, 2.24) is 0 Å². The summed E-state index contributed by atoms with van der Waals surface area (Å²) < 4.78 is 0. The third kappa shape index (κ3) is 2.58. The van der Waals surface area contributed by atoms with Crippen molar-refractivity contribution in [2.24, 2.45) is 0 Å². The van der Waals surface area contributed by atoms with E-state index in [0.717, 1.165) is 18.2 Å². The molecule has 2 rings (SSSR count). The Morgan fingerprint density at radius 1 is 0.950 bits per heavy atom. The van der Waals surface area contributed by atoms with Gasteiger partial charge in [-0.05, 0) is 23.7 Å². The van der Waals surface area contributed by atoms with E-state index in [4.69, 9.17) is 0 Å². The highest BCUT2D eigenvalue weighted by Crippen LogP contribution is 2.25. The normalized spacial score (nSPS) is 10.3. The van der Waals surface area contributed by atoms with Gasteiger partial charge in [-0.15, -0.1) is 0 Å². The van der Waals surface area contributed by atoms with Crippen LogP contribution in [0.15, 0.2) is 36.4 Å². The van der Waals surface area contributed by atoms with Crippen LogP contribution in [0.1, 0.15) is 15.9 Å². The summed E-state index contributed by atoms with van der Waals surface area (Å²) in [6.07, 6.45) is 0. The van der Waals surface area contributed by atoms with E-state index in [1.807, 2.05) is 0 Å². The molecule has 0 aliphatic rings. The molecule has 0 aromatic heterocycles. The molecule has 7 heteroatoms. The Morgan fingerprint density at radius 2 is 1.55 bits per heavy atom. The lowest BCUT2D eigenvalue weighted by molar-refractivity contribution is 0.103. The summed E-state index contributed by atoms with van der Waals surface area (Å²) in [4.78, 5) is 12.3. The molecule has 0 atom stereocenters. The summed E-state index contributed by atoms with van der Waals surface area (Å²) in [5, 5.41) is 46.9. The minimum Gasteiger partial charge on any atom is -0.508 e. The Bertz CT molecular complexity index is 648. The Morgan fingerprint density at radius 3 is 2.10 bits per heavy atom. The summed E-state index contributed by atoms with van der Waals surface area (Å²) in [6.45, 7) is 0. The van der Waals surface area contributed by atoms with Gasteiger partial charge in [0.15, 0.2) is 5.78 Å². The first-order valence-electron chi connectivity index (χ1n) is 5.66. The molecule has 20 heavy (non-hydrogen) atoms. The summed E-state index contributed by atoms with van der Waals surface area (Å²) in [5.74, 6) is -1.83. The number of carbonyl (C=O) groups is 1. The van der Waals surface area contributed by atoms with Gasteiger partial charge in [0.25, 0.3) is 0 Å². The number of phenolic OH excluding ortho intramolecular Hbond substituents is 3. The van der Waals surface area contributed by atoms with Gasteiger partial charge in [-0.2, -0.15) is 0 Å². The Labute approximate surface area is 114 Å². The summed E-state index contributed by atoms with van der Waals surface area (Å²) in [5.41, 5.74) is -0.559. The van der Waals surface area contributed by atoms with Gasteiger partial charge in [0.2, 0.25) is 0 Å². The van der Waals surface area contributed by atoms with Crippen LogP contribution >= 0.6 is 0 Å². The van der Waals surface area contributed by atoms with Crippen LogP contribution in [0.25, 0.3) is 0 Å². The summed E-state index contributed by atoms with van der Waals surface area (Å²) in [6, 6.07) is 7.11. The van der Waals surface area contributed by atoms with Crippen molar-refractivity contribution in [2.45, 2.75) is 0 Å². The second-order valence-corrected chi connectivity index (χ2v) is 4.18. The molecule has 2 aromatic rings. The number of rotatable bonds is 3. The highest BCUT2D eigenvalue weighted by molar-refractivity contribution is 6.60. The fraction of sp³-hybridized carbons (Fsp3) is 0. The van der Waals surface area contributed by atoms with E-state index in [9.17, 15) is 30.2 Å². The number of aromatic hydroxyl groups is 3. The third-order valence-electron chi connectivity index (χ3n) is 2.74. The maximum Gasteiger partial charge on any atom is 0.489 e. The smallest absolute Gasteiger partial charge is 0.489 e. The molecule has 6 nitrogen and oxygen atoms in total. The van der Waals surface area contributed by atoms with Gasteiger partial charge < -0.3 is 25.4 Å². The highest BCUT2D eigenvalue weighted by Gasteiger charge is 2.24. The van der Waals surface area contributed by atoms with Crippen molar-refractivity contribution in [3.63, 3.8) is 0 Å². The van der Waals surface area contributed by atoms with E-state index in [2.05, 4.69) is 0 Å². The monoisotopic (exact) mass is 274 g/mol. The molecule has 2 aromatic carbocycles. The van der Waals surface area contributed by atoms with Gasteiger partial charge in [0.05, 0.1) is 5.56 Å². The van der Waals surface area contributed by atoms with Crippen LogP contribution < -0.4 is 5.46 Å². The fourth-order valence-electron chi connectivity index (χ4n) is 1.89. The minimum atomic E-state index is -1.94. The molecule has 5 N–H and O–H groups in total. The Kier molecular flexibility index (Phi) is 3.65. The van der Waals surface area contributed by atoms with Gasteiger partial charge in [0, 0.05) is 11.6 Å². The Balaban J connectivity index is 2.59. The molecule has 0 spiro atoms. The number of carbonyl (C=O) groups excluding carboxylic acids is 1. The molecule has 0 saturated carbocycles. The van der Waals surface area contributed by atoms with E-state index in [1.165, 1.54) is 18.2 Å². The first-order chi connectivity index (χ1) is 9.40. The molecular weight excluding hydrogens is 263 g/mol. The van der Waals surface area contributed by atoms with Crippen molar-refractivity contribution in [1.29, 1.82) is 0 Å². The maximum atomic E-state index is 12.3. The average molecular weight is 274 g/mol. The Hall–Kier alpha value is -2.51. The second kappa shape index (κ2) is 5.24. The first kappa shape index (κ1) is 13.9. The number of hydrogen-bond donors (Lipinski definition) is 5. The molecule has 102 valence electrons. The van der Waals surface area contributed by atoms with Gasteiger partial charge >= 0.3 is 7.12 Å². The molecule has 0 bridgehead atoms. The van der Waals surface area contributed by atoms with Gasteiger partial charge in [-0.1, -0.05) is 12.1 Å². The van der Waals surface area contributed by atoms with E-state index < -0.39 is 18.7 Å². The molecule has 0 unspecified atom stereocenters. The molecule has 0 aliphatic heterocycles. The first-order valence-corrected chi connectivity index (χ1v) is 5.66. The summed E-state index contributed by atoms with van der Waals surface area (Å²) >= 11 is 0. The highest BCUT2D eigenvalue weighted by atomic mass is 16.4. The molecule has 0 fully saturated rings. The maximum absolute atomic E-state index is 12.3. The zero-order valence-corrected chi connectivity index (χ0v) is 10.2. The van der Waals surface area contributed by atoms with Crippen molar-refractivity contribution in [2.75, 3.05) is 0 Å².